The highest BCUT2D eigenvalue weighted by Crippen LogP contribution is 2.32. The van der Waals surface area contributed by atoms with E-state index in [1.807, 2.05) is 6.07 Å². The maximum absolute atomic E-state index is 13.6. The summed E-state index contributed by atoms with van der Waals surface area (Å²) in [6.45, 7) is 0.153. The second-order valence-electron chi connectivity index (χ2n) is 5.12. The Balaban J connectivity index is 1.80. The fourth-order valence-corrected chi connectivity index (χ4v) is 2.57. The number of phenols is 1. The molecule has 0 aliphatic carbocycles. The zero-order valence-electron chi connectivity index (χ0n) is 12.9. The van der Waals surface area contributed by atoms with Crippen molar-refractivity contribution in [2.75, 3.05) is 16.9 Å². The normalized spacial score (nSPS) is 13.9. The van der Waals surface area contributed by atoms with Crippen molar-refractivity contribution in [1.82, 2.24) is 0 Å². The van der Waals surface area contributed by atoms with Crippen molar-refractivity contribution in [3.05, 3.63) is 77.0 Å². The van der Waals surface area contributed by atoms with Crippen LogP contribution in [0, 0.1) is 17.1 Å². The molecule has 2 N–H and O–H groups in total. The maximum Gasteiger partial charge on any atom is 0.166 e. The average Bonchev–Trinajstić information content (AvgIpc) is 3.00. The van der Waals surface area contributed by atoms with Gasteiger partial charge in [0.05, 0.1) is 16.4 Å². The molecule has 2 aromatic carbocycles. The van der Waals surface area contributed by atoms with Crippen molar-refractivity contribution in [1.29, 1.82) is 5.26 Å². The topological polar surface area (TPSA) is 68.5 Å². The first-order valence-electron chi connectivity index (χ1n) is 7.31. The molecule has 3 rings (SSSR count). The first-order valence-corrected chi connectivity index (χ1v) is 7.69. The summed E-state index contributed by atoms with van der Waals surface area (Å²) in [4.78, 5) is 1.66. The third kappa shape index (κ3) is 3.52. The Morgan fingerprint density at radius 2 is 2.12 bits per heavy atom. The van der Waals surface area contributed by atoms with Gasteiger partial charge in [0, 0.05) is 12.3 Å². The lowest BCUT2D eigenvalue weighted by Crippen LogP contribution is -2.18. The van der Waals surface area contributed by atoms with Gasteiger partial charge < -0.3 is 15.2 Å². The molecule has 5 nitrogen and oxygen atoms in total. The van der Waals surface area contributed by atoms with Crippen molar-refractivity contribution in [2.45, 2.75) is 0 Å². The third-order valence-electron chi connectivity index (χ3n) is 3.53. The predicted octanol–water partition coefficient (Wildman–Crippen LogP) is 4.34. The van der Waals surface area contributed by atoms with Gasteiger partial charge in [-0.3, -0.25) is 4.90 Å². The first kappa shape index (κ1) is 16.7. The van der Waals surface area contributed by atoms with Gasteiger partial charge in [0.2, 0.25) is 0 Å². The minimum absolute atomic E-state index is 0.153. The first-order chi connectivity index (χ1) is 12.1. The summed E-state index contributed by atoms with van der Waals surface area (Å²) in [7, 11) is 0. The summed E-state index contributed by atoms with van der Waals surface area (Å²) in [6, 6.07) is 13.0. The lowest BCUT2D eigenvalue weighted by Gasteiger charge is -2.16. The molecule has 0 radical (unpaired) electrons. The summed E-state index contributed by atoms with van der Waals surface area (Å²) in [5.41, 5.74) is 1.16. The van der Waals surface area contributed by atoms with Gasteiger partial charge in [0.15, 0.2) is 18.2 Å². The molecule has 0 amide bonds. The highest BCUT2D eigenvalue weighted by molar-refractivity contribution is 6.33. The molecule has 0 atom stereocenters. The molecule has 0 aromatic heterocycles. The zero-order chi connectivity index (χ0) is 17.8. The van der Waals surface area contributed by atoms with E-state index in [9.17, 15) is 14.8 Å². The Morgan fingerprint density at radius 1 is 1.32 bits per heavy atom. The standard InChI is InChI=1S/C18H13ClFN3O2/c19-13-3-1-2-4-16(13)23-11-25-18(17(23)10-21)7-8-22-15-6-5-12(24)9-14(15)20/h1-9,22,24H,11H2/b8-7+. The second-order valence-corrected chi connectivity index (χ2v) is 5.53. The zero-order valence-corrected chi connectivity index (χ0v) is 13.7. The Labute approximate surface area is 148 Å². The highest BCUT2D eigenvalue weighted by atomic mass is 35.5. The summed E-state index contributed by atoms with van der Waals surface area (Å²) in [5.74, 6) is -0.408. The Kier molecular flexibility index (Phi) is 4.78. The fraction of sp³-hybridized carbons (Fsp3) is 0.0556. The number of phenolic OH excluding ortho intramolecular Hbond substituents is 1. The van der Waals surface area contributed by atoms with Gasteiger partial charge in [-0.25, -0.2) is 4.39 Å². The van der Waals surface area contributed by atoms with E-state index in [1.165, 1.54) is 24.4 Å². The van der Waals surface area contributed by atoms with E-state index < -0.39 is 5.82 Å². The van der Waals surface area contributed by atoms with Crippen LogP contribution in [0.5, 0.6) is 5.75 Å². The number of allylic oxidation sites excluding steroid dienone is 2. The molecule has 0 bridgehead atoms. The molecular weight excluding hydrogens is 345 g/mol. The fourth-order valence-electron chi connectivity index (χ4n) is 2.33. The molecule has 0 fully saturated rings. The van der Waals surface area contributed by atoms with Crippen LogP contribution in [0.3, 0.4) is 0 Å². The van der Waals surface area contributed by atoms with Gasteiger partial charge in [-0.1, -0.05) is 23.7 Å². The number of halogens is 2. The van der Waals surface area contributed by atoms with Gasteiger partial charge in [-0.05, 0) is 30.3 Å². The average molecular weight is 358 g/mol. The summed E-state index contributed by atoms with van der Waals surface area (Å²) in [6.07, 6.45) is 2.99. The minimum Gasteiger partial charge on any atom is -0.508 e. The summed E-state index contributed by atoms with van der Waals surface area (Å²) < 4.78 is 19.2. The Morgan fingerprint density at radius 3 is 2.84 bits per heavy atom. The molecular formula is C18H13ClFN3O2. The molecule has 0 saturated carbocycles. The maximum atomic E-state index is 13.6. The number of hydrogen-bond acceptors (Lipinski definition) is 5. The van der Waals surface area contributed by atoms with Gasteiger partial charge in [-0.15, -0.1) is 0 Å². The van der Waals surface area contributed by atoms with Crippen LogP contribution >= 0.6 is 11.6 Å². The van der Waals surface area contributed by atoms with Gasteiger partial charge >= 0.3 is 0 Å². The Bertz CT molecular complexity index is 905. The van der Waals surface area contributed by atoms with Crippen LogP contribution in [0.25, 0.3) is 0 Å². The summed E-state index contributed by atoms with van der Waals surface area (Å²) in [5, 5.41) is 21.9. The smallest absolute Gasteiger partial charge is 0.166 e. The van der Waals surface area contributed by atoms with E-state index in [2.05, 4.69) is 11.4 Å². The second kappa shape index (κ2) is 7.16. The number of benzene rings is 2. The van der Waals surface area contributed by atoms with Crippen molar-refractivity contribution < 1.29 is 14.2 Å². The van der Waals surface area contributed by atoms with Crippen LogP contribution in [0.1, 0.15) is 0 Å². The van der Waals surface area contributed by atoms with Crippen LogP contribution in [-0.4, -0.2) is 11.8 Å². The highest BCUT2D eigenvalue weighted by Gasteiger charge is 2.25. The molecule has 1 aliphatic rings. The summed E-state index contributed by atoms with van der Waals surface area (Å²) >= 11 is 6.17. The van der Waals surface area contributed by atoms with Crippen molar-refractivity contribution in [2.24, 2.45) is 0 Å². The van der Waals surface area contributed by atoms with Gasteiger partial charge in [0.1, 0.15) is 17.6 Å². The van der Waals surface area contributed by atoms with Crippen molar-refractivity contribution in [3.63, 3.8) is 0 Å². The lowest BCUT2D eigenvalue weighted by molar-refractivity contribution is 0.257. The molecule has 25 heavy (non-hydrogen) atoms. The minimum atomic E-state index is -0.593. The molecule has 2 aromatic rings. The number of ether oxygens (including phenoxy) is 1. The number of para-hydroxylation sites is 1. The van der Waals surface area contributed by atoms with E-state index in [4.69, 9.17) is 16.3 Å². The molecule has 1 aliphatic heterocycles. The lowest BCUT2D eigenvalue weighted by atomic mass is 10.2. The third-order valence-corrected chi connectivity index (χ3v) is 3.85. The van der Waals surface area contributed by atoms with Crippen LogP contribution in [0.15, 0.2) is 66.2 Å². The molecule has 0 unspecified atom stereocenters. The predicted molar refractivity (Wildman–Crippen MR) is 93.3 cm³/mol. The van der Waals surface area contributed by atoms with Crippen LogP contribution in [-0.2, 0) is 4.74 Å². The van der Waals surface area contributed by atoms with Crippen molar-refractivity contribution >= 4 is 23.0 Å². The molecule has 1 heterocycles. The van der Waals surface area contributed by atoms with E-state index in [-0.39, 0.29) is 18.2 Å². The number of nitrogens with one attached hydrogen (secondary N) is 1. The number of nitriles is 1. The Hall–Kier alpha value is -3.17. The van der Waals surface area contributed by atoms with E-state index in [0.717, 1.165) is 6.07 Å². The van der Waals surface area contributed by atoms with Crippen LogP contribution in [0.2, 0.25) is 5.02 Å². The molecule has 0 saturated heterocycles. The van der Waals surface area contributed by atoms with E-state index in [1.54, 1.807) is 23.1 Å². The monoisotopic (exact) mass is 357 g/mol. The molecule has 0 spiro atoms. The van der Waals surface area contributed by atoms with E-state index >= 15 is 0 Å². The number of hydrogen-bond donors (Lipinski definition) is 2. The van der Waals surface area contributed by atoms with E-state index in [0.29, 0.717) is 22.2 Å². The quantitative estimate of drug-likeness (QED) is 0.797. The molecule has 126 valence electrons. The largest absolute Gasteiger partial charge is 0.508 e. The number of nitrogens with zero attached hydrogens (tertiary/aromatic N) is 2. The van der Waals surface area contributed by atoms with Crippen LogP contribution in [0.4, 0.5) is 15.8 Å². The number of rotatable bonds is 4. The number of anilines is 2. The number of aromatic hydroxyl groups is 1. The van der Waals surface area contributed by atoms with Crippen molar-refractivity contribution in [3.8, 4) is 11.8 Å². The van der Waals surface area contributed by atoms with Crippen LogP contribution < -0.4 is 10.2 Å². The molecule has 7 heteroatoms. The SMILES string of the molecule is N#CC1=C(/C=C/Nc2ccc(O)cc2F)OCN1c1ccccc1Cl. The van der Waals surface area contributed by atoms with Gasteiger partial charge in [-0.2, -0.15) is 5.26 Å². The van der Waals surface area contributed by atoms with Gasteiger partial charge in [0.25, 0.3) is 0 Å².